The molecule has 0 spiro atoms. The summed E-state index contributed by atoms with van der Waals surface area (Å²) in [7, 11) is 0. The summed E-state index contributed by atoms with van der Waals surface area (Å²) in [5.74, 6) is 0.959. The number of aryl methyl sites for hydroxylation is 2. The van der Waals surface area contributed by atoms with Crippen molar-refractivity contribution in [1.29, 1.82) is 0 Å². The Balaban J connectivity index is 2.32. The zero-order valence-electron chi connectivity index (χ0n) is 10.6. The molecule has 1 unspecified atom stereocenters. The maximum absolute atomic E-state index is 5.38. The monoisotopic (exact) mass is 233 g/mol. The van der Waals surface area contributed by atoms with E-state index >= 15 is 0 Å². The van der Waals surface area contributed by atoms with Crippen LogP contribution in [-0.4, -0.2) is 16.3 Å². The first-order valence-corrected chi connectivity index (χ1v) is 6.06. The van der Waals surface area contributed by atoms with Crippen molar-refractivity contribution < 1.29 is 4.42 Å². The van der Waals surface area contributed by atoms with Crippen LogP contribution < -0.4 is 5.32 Å². The molecule has 0 aliphatic heterocycles. The summed E-state index contributed by atoms with van der Waals surface area (Å²) in [5, 5.41) is 7.79. The van der Waals surface area contributed by atoms with Gasteiger partial charge in [0.1, 0.15) is 5.76 Å². The van der Waals surface area contributed by atoms with Crippen molar-refractivity contribution >= 4 is 0 Å². The normalized spacial score (nSPS) is 12.9. The minimum absolute atomic E-state index is 0.166. The first kappa shape index (κ1) is 11.9. The Kier molecular flexibility index (Phi) is 3.64. The van der Waals surface area contributed by atoms with E-state index in [4.69, 9.17) is 4.42 Å². The van der Waals surface area contributed by atoms with Crippen LogP contribution in [0.5, 0.6) is 0 Å². The highest BCUT2D eigenvalue weighted by molar-refractivity contribution is 5.30. The van der Waals surface area contributed by atoms with Crippen LogP contribution in [0.25, 0.3) is 0 Å². The molecule has 17 heavy (non-hydrogen) atoms. The molecule has 2 aromatic heterocycles. The maximum atomic E-state index is 5.38. The second kappa shape index (κ2) is 5.19. The van der Waals surface area contributed by atoms with E-state index in [9.17, 15) is 0 Å². The van der Waals surface area contributed by atoms with Gasteiger partial charge in [-0.2, -0.15) is 5.10 Å². The summed E-state index contributed by atoms with van der Waals surface area (Å²) in [6.07, 6.45) is 5.74. The first-order chi connectivity index (χ1) is 8.26. The topological polar surface area (TPSA) is 43.0 Å². The minimum atomic E-state index is 0.166. The van der Waals surface area contributed by atoms with E-state index in [0.29, 0.717) is 0 Å². The van der Waals surface area contributed by atoms with Crippen molar-refractivity contribution in [3.05, 3.63) is 41.6 Å². The number of hydrogen-bond donors (Lipinski definition) is 1. The molecule has 0 aromatic carbocycles. The smallest absolute Gasteiger partial charge is 0.105 e. The molecule has 1 atom stereocenters. The van der Waals surface area contributed by atoms with E-state index in [-0.39, 0.29) is 6.04 Å². The van der Waals surface area contributed by atoms with Crippen LogP contribution in [-0.2, 0) is 6.54 Å². The van der Waals surface area contributed by atoms with Crippen LogP contribution in [0, 0.1) is 6.92 Å². The quantitative estimate of drug-likeness (QED) is 0.862. The summed E-state index contributed by atoms with van der Waals surface area (Å²) in [5.41, 5.74) is 2.36. The summed E-state index contributed by atoms with van der Waals surface area (Å²) in [6.45, 7) is 7.98. The highest BCUT2D eigenvalue weighted by Gasteiger charge is 2.18. The largest absolute Gasteiger partial charge is 0.469 e. The Bertz CT molecular complexity index is 472. The molecule has 0 aliphatic carbocycles. The maximum Gasteiger partial charge on any atom is 0.105 e. The Morgan fingerprint density at radius 2 is 2.29 bits per heavy atom. The van der Waals surface area contributed by atoms with Crippen molar-refractivity contribution in [1.82, 2.24) is 15.1 Å². The third-order valence-corrected chi connectivity index (χ3v) is 2.93. The van der Waals surface area contributed by atoms with E-state index in [1.54, 1.807) is 6.26 Å². The number of nitrogens with zero attached hydrogens (tertiary/aromatic N) is 2. The van der Waals surface area contributed by atoms with Gasteiger partial charge < -0.3 is 9.73 Å². The van der Waals surface area contributed by atoms with Crippen molar-refractivity contribution in [2.24, 2.45) is 0 Å². The van der Waals surface area contributed by atoms with Crippen LogP contribution >= 0.6 is 0 Å². The lowest BCUT2D eigenvalue weighted by Gasteiger charge is -2.15. The van der Waals surface area contributed by atoms with Gasteiger partial charge in [-0.1, -0.05) is 6.92 Å². The minimum Gasteiger partial charge on any atom is -0.469 e. The molecular weight excluding hydrogens is 214 g/mol. The van der Waals surface area contributed by atoms with Crippen LogP contribution in [0.1, 0.15) is 36.8 Å². The van der Waals surface area contributed by atoms with Crippen LogP contribution in [0.4, 0.5) is 0 Å². The number of hydrogen-bond acceptors (Lipinski definition) is 3. The van der Waals surface area contributed by atoms with Gasteiger partial charge in [0.25, 0.3) is 0 Å². The molecule has 0 aliphatic rings. The fourth-order valence-corrected chi connectivity index (χ4v) is 2.01. The summed E-state index contributed by atoms with van der Waals surface area (Å²) >= 11 is 0. The summed E-state index contributed by atoms with van der Waals surface area (Å²) in [4.78, 5) is 0. The Morgan fingerprint density at radius 1 is 1.47 bits per heavy atom. The van der Waals surface area contributed by atoms with Crippen LogP contribution in [0.3, 0.4) is 0 Å². The van der Waals surface area contributed by atoms with E-state index in [2.05, 4.69) is 30.5 Å². The number of nitrogens with one attached hydrogen (secondary N) is 1. The van der Waals surface area contributed by atoms with Gasteiger partial charge in [0, 0.05) is 23.9 Å². The van der Waals surface area contributed by atoms with E-state index in [1.165, 1.54) is 11.1 Å². The van der Waals surface area contributed by atoms with Gasteiger partial charge in [-0.15, -0.1) is 0 Å². The Labute approximate surface area is 102 Å². The molecule has 0 saturated carbocycles. The van der Waals surface area contributed by atoms with Crippen molar-refractivity contribution in [2.75, 3.05) is 6.54 Å². The third kappa shape index (κ3) is 2.42. The van der Waals surface area contributed by atoms with Crippen LogP contribution in [0.15, 0.2) is 29.1 Å². The molecule has 0 bridgehead atoms. The fourth-order valence-electron chi connectivity index (χ4n) is 2.01. The zero-order chi connectivity index (χ0) is 12.3. The van der Waals surface area contributed by atoms with Crippen molar-refractivity contribution in [2.45, 2.75) is 33.4 Å². The molecule has 0 radical (unpaired) electrons. The lowest BCUT2D eigenvalue weighted by molar-refractivity contribution is 0.520. The van der Waals surface area contributed by atoms with Gasteiger partial charge in [0.05, 0.1) is 18.5 Å². The third-order valence-electron chi connectivity index (χ3n) is 2.93. The highest BCUT2D eigenvalue weighted by atomic mass is 16.3. The Hall–Kier alpha value is -1.55. The average Bonchev–Trinajstić information content (AvgIpc) is 2.95. The summed E-state index contributed by atoms with van der Waals surface area (Å²) < 4.78 is 7.32. The summed E-state index contributed by atoms with van der Waals surface area (Å²) in [6, 6.07) is 2.19. The van der Waals surface area contributed by atoms with Crippen LogP contribution in [0.2, 0.25) is 0 Å². The molecule has 1 N–H and O–H groups in total. The van der Waals surface area contributed by atoms with E-state index < -0.39 is 0 Å². The molecule has 4 heteroatoms. The number of aromatic nitrogens is 2. The molecular formula is C13H19N3O. The molecule has 0 fully saturated rings. The average molecular weight is 233 g/mol. The van der Waals surface area contributed by atoms with Crippen molar-refractivity contribution in [3.8, 4) is 0 Å². The second-order valence-corrected chi connectivity index (χ2v) is 4.05. The molecule has 4 nitrogen and oxygen atoms in total. The van der Waals surface area contributed by atoms with E-state index in [1.807, 2.05) is 23.9 Å². The SMILES string of the molecule is CCNC(c1cnn(CC)c1)c1ccoc1C. The Morgan fingerprint density at radius 3 is 2.82 bits per heavy atom. The molecule has 92 valence electrons. The van der Waals surface area contributed by atoms with Crippen molar-refractivity contribution in [3.63, 3.8) is 0 Å². The second-order valence-electron chi connectivity index (χ2n) is 4.05. The zero-order valence-corrected chi connectivity index (χ0v) is 10.6. The van der Waals surface area contributed by atoms with Gasteiger partial charge in [0.15, 0.2) is 0 Å². The highest BCUT2D eigenvalue weighted by Crippen LogP contribution is 2.25. The predicted molar refractivity (Wildman–Crippen MR) is 66.9 cm³/mol. The molecule has 0 amide bonds. The predicted octanol–water partition coefficient (Wildman–Crippen LogP) is 2.50. The van der Waals surface area contributed by atoms with E-state index in [0.717, 1.165) is 18.8 Å². The molecule has 0 saturated heterocycles. The lowest BCUT2D eigenvalue weighted by atomic mass is 10.0. The van der Waals surface area contributed by atoms with Gasteiger partial charge in [0.2, 0.25) is 0 Å². The molecule has 2 rings (SSSR count). The first-order valence-electron chi connectivity index (χ1n) is 6.06. The number of rotatable bonds is 5. The lowest BCUT2D eigenvalue weighted by Crippen LogP contribution is -2.21. The fraction of sp³-hybridized carbons (Fsp3) is 0.462. The van der Waals surface area contributed by atoms with Gasteiger partial charge in [-0.25, -0.2) is 0 Å². The standard InChI is InChI=1S/C13H19N3O/c1-4-14-13(12-6-7-17-10(12)3)11-8-15-16(5-2)9-11/h6-9,13-14H,4-5H2,1-3H3. The number of furan rings is 1. The molecule has 2 aromatic rings. The van der Waals surface area contributed by atoms with Gasteiger partial charge in [-0.05, 0) is 26.5 Å². The van der Waals surface area contributed by atoms with Gasteiger partial charge >= 0.3 is 0 Å². The van der Waals surface area contributed by atoms with Gasteiger partial charge in [-0.3, -0.25) is 4.68 Å². The molecule has 2 heterocycles.